The van der Waals surface area contributed by atoms with E-state index in [-0.39, 0.29) is 17.7 Å². The minimum Gasteiger partial charge on any atom is -0.467 e. The Morgan fingerprint density at radius 2 is 2.03 bits per heavy atom. The van der Waals surface area contributed by atoms with Crippen molar-refractivity contribution >= 4 is 52.3 Å². The molecule has 4 rings (SSSR count). The molecule has 9 heteroatoms. The Kier molecular flexibility index (Phi) is 6.52. The van der Waals surface area contributed by atoms with Crippen LogP contribution in [0.4, 0.5) is 0 Å². The zero-order valence-corrected chi connectivity index (χ0v) is 17.9. The average molecular weight is 459 g/mol. The van der Waals surface area contributed by atoms with Crippen LogP contribution in [0.2, 0.25) is 10.0 Å². The topological polar surface area (TPSA) is 71.1 Å². The summed E-state index contributed by atoms with van der Waals surface area (Å²) in [5, 5.41) is 9.72. The second kappa shape index (κ2) is 9.47. The molecule has 1 fully saturated rings. The Hall–Kier alpha value is -2.61. The van der Waals surface area contributed by atoms with Crippen LogP contribution >= 0.6 is 35.0 Å². The molecule has 2 aromatic heterocycles. The summed E-state index contributed by atoms with van der Waals surface area (Å²) in [5.74, 6) is 0.585. The molecule has 3 aromatic rings. The van der Waals surface area contributed by atoms with E-state index in [1.807, 2.05) is 18.2 Å². The van der Waals surface area contributed by atoms with Gasteiger partial charge in [-0.2, -0.15) is 5.10 Å². The molecule has 0 spiro atoms. The highest BCUT2D eigenvalue weighted by Crippen LogP contribution is 2.33. The van der Waals surface area contributed by atoms with Crippen LogP contribution in [0.3, 0.4) is 0 Å². The van der Waals surface area contributed by atoms with Gasteiger partial charge in [-0.15, -0.1) is 5.10 Å². The van der Waals surface area contributed by atoms with Crippen LogP contribution in [0.5, 0.6) is 0 Å². The number of hydrogen-bond donors (Lipinski definition) is 0. The number of carbonyl (C=O) groups is 1. The van der Waals surface area contributed by atoms with Gasteiger partial charge in [0.05, 0.1) is 24.3 Å². The molecule has 1 unspecified atom stereocenters. The first-order valence-corrected chi connectivity index (χ1v) is 10.7. The fourth-order valence-electron chi connectivity index (χ4n) is 2.91. The normalized spacial score (nSPS) is 18.1. The molecule has 152 valence electrons. The first-order chi connectivity index (χ1) is 14.6. The molecular weight excluding hydrogens is 443 g/mol. The summed E-state index contributed by atoms with van der Waals surface area (Å²) < 4.78 is 5.41. The monoisotopic (exact) mass is 458 g/mol. The first kappa shape index (κ1) is 20.7. The molecule has 6 nitrogen and oxygen atoms in total. The van der Waals surface area contributed by atoms with Crippen LogP contribution in [0, 0.1) is 0 Å². The molecule has 1 saturated heterocycles. The number of benzene rings is 1. The number of pyridine rings is 1. The number of carbonyl (C=O) groups excluding carboxylic acids is 1. The van der Waals surface area contributed by atoms with Crippen molar-refractivity contribution < 1.29 is 9.21 Å². The molecule has 1 amide bonds. The van der Waals surface area contributed by atoms with E-state index in [9.17, 15) is 4.79 Å². The lowest BCUT2D eigenvalue weighted by Gasteiger charge is -2.14. The molecule has 0 N–H and O–H groups in total. The van der Waals surface area contributed by atoms with Gasteiger partial charge < -0.3 is 4.42 Å². The highest BCUT2D eigenvalue weighted by molar-refractivity contribution is 8.15. The number of amidine groups is 1. The number of furan rings is 1. The minimum atomic E-state index is -0.384. The van der Waals surface area contributed by atoms with Crippen molar-refractivity contribution in [1.29, 1.82) is 0 Å². The van der Waals surface area contributed by atoms with E-state index in [0.29, 0.717) is 27.4 Å². The summed E-state index contributed by atoms with van der Waals surface area (Å²) in [6.07, 6.45) is 6.98. The summed E-state index contributed by atoms with van der Waals surface area (Å²) in [4.78, 5) is 18.7. The average Bonchev–Trinajstić information content (AvgIpc) is 3.36. The first-order valence-electron chi connectivity index (χ1n) is 9.05. The van der Waals surface area contributed by atoms with Gasteiger partial charge in [-0.3, -0.25) is 14.7 Å². The molecule has 1 aromatic carbocycles. The van der Waals surface area contributed by atoms with Crippen molar-refractivity contribution in [2.75, 3.05) is 0 Å². The lowest BCUT2D eigenvalue weighted by Crippen LogP contribution is -2.32. The van der Waals surface area contributed by atoms with Crippen molar-refractivity contribution in [3.05, 3.63) is 88.1 Å². The summed E-state index contributed by atoms with van der Waals surface area (Å²) in [6, 6.07) is 12.5. The van der Waals surface area contributed by atoms with Gasteiger partial charge >= 0.3 is 0 Å². The molecule has 1 atom stereocenters. The van der Waals surface area contributed by atoms with Gasteiger partial charge in [0, 0.05) is 22.4 Å². The lowest BCUT2D eigenvalue weighted by molar-refractivity contribution is -0.126. The standard InChI is InChI=1S/C21H16Cl2N4O2S/c22-16-3-4-18(23)15(10-16)11-19-20(28)27(13-17-2-1-9-29-17)21(30-19)26-25-12-14-5-7-24-8-6-14/h1-10,12,19H,11,13H2. The van der Waals surface area contributed by atoms with Crippen LogP contribution < -0.4 is 0 Å². The number of aromatic nitrogens is 1. The fourth-order valence-corrected chi connectivity index (χ4v) is 4.42. The number of halogens is 2. The third kappa shape index (κ3) is 4.92. The van der Waals surface area contributed by atoms with Gasteiger partial charge in [0.2, 0.25) is 5.91 Å². The molecule has 1 aliphatic rings. The number of rotatable bonds is 6. The highest BCUT2D eigenvalue weighted by Gasteiger charge is 2.39. The molecule has 30 heavy (non-hydrogen) atoms. The summed E-state index contributed by atoms with van der Waals surface area (Å²) in [6.45, 7) is 0.280. The maximum absolute atomic E-state index is 13.1. The quantitative estimate of drug-likeness (QED) is 0.382. The third-order valence-corrected chi connectivity index (χ3v) is 6.15. The lowest BCUT2D eigenvalue weighted by atomic mass is 10.1. The zero-order chi connectivity index (χ0) is 20.9. The maximum atomic E-state index is 13.1. The molecule has 0 radical (unpaired) electrons. The number of nitrogens with zero attached hydrogens (tertiary/aromatic N) is 4. The van der Waals surface area contributed by atoms with Crippen molar-refractivity contribution in [2.24, 2.45) is 10.2 Å². The molecule has 0 saturated carbocycles. The van der Waals surface area contributed by atoms with Crippen molar-refractivity contribution in [3.63, 3.8) is 0 Å². The van der Waals surface area contributed by atoms with Crippen molar-refractivity contribution in [3.8, 4) is 0 Å². The van der Waals surface area contributed by atoms with Crippen LogP contribution in [-0.4, -0.2) is 32.4 Å². The van der Waals surface area contributed by atoms with Gasteiger partial charge in [0.1, 0.15) is 5.76 Å². The Bertz CT molecular complexity index is 1090. The van der Waals surface area contributed by atoms with Gasteiger partial charge in [-0.25, -0.2) is 0 Å². The number of thioether (sulfide) groups is 1. The Morgan fingerprint density at radius 1 is 1.20 bits per heavy atom. The maximum Gasteiger partial charge on any atom is 0.242 e. The third-order valence-electron chi connectivity index (χ3n) is 4.38. The van der Waals surface area contributed by atoms with E-state index in [2.05, 4.69) is 15.2 Å². The summed E-state index contributed by atoms with van der Waals surface area (Å²) in [5.41, 5.74) is 1.68. The molecule has 0 aliphatic carbocycles. The second-order valence-electron chi connectivity index (χ2n) is 6.46. The fraction of sp³-hybridized carbons (Fsp3) is 0.143. The van der Waals surface area contributed by atoms with Gasteiger partial charge in [0.25, 0.3) is 0 Å². The summed E-state index contributed by atoms with van der Waals surface area (Å²) >= 11 is 13.7. The largest absolute Gasteiger partial charge is 0.467 e. The molecule has 1 aliphatic heterocycles. The predicted octanol–water partition coefficient (Wildman–Crippen LogP) is 5.06. The van der Waals surface area contributed by atoms with Gasteiger partial charge in [-0.1, -0.05) is 35.0 Å². The molecule has 3 heterocycles. The van der Waals surface area contributed by atoms with Crippen LogP contribution in [0.25, 0.3) is 0 Å². The highest BCUT2D eigenvalue weighted by atomic mass is 35.5. The zero-order valence-electron chi connectivity index (χ0n) is 15.6. The van der Waals surface area contributed by atoms with E-state index in [1.54, 1.807) is 54.0 Å². The molecule has 0 bridgehead atoms. The van der Waals surface area contributed by atoms with Gasteiger partial charge in [-0.05, 0) is 60.0 Å². The van der Waals surface area contributed by atoms with E-state index in [0.717, 1.165) is 11.1 Å². The Morgan fingerprint density at radius 3 is 2.80 bits per heavy atom. The Labute approximate surface area is 187 Å². The predicted molar refractivity (Wildman–Crippen MR) is 120 cm³/mol. The van der Waals surface area contributed by atoms with Gasteiger partial charge in [0.15, 0.2) is 5.17 Å². The summed E-state index contributed by atoms with van der Waals surface area (Å²) in [7, 11) is 0. The van der Waals surface area contributed by atoms with Crippen LogP contribution in [-0.2, 0) is 17.8 Å². The van der Waals surface area contributed by atoms with Crippen molar-refractivity contribution in [2.45, 2.75) is 18.2 Å². The van der Waals surface area contributed by atoms with E-state index in [4.69, 9.17) is 27.6 Å². The van der Waals surface area contributed by atoms with Crippen LogP contribution in [0.15, 0.2) is 75.7 Å². The number of amides is 1. The van der Waals surface area contributed by atoms with E-state index < -0.39 is 0 Å². The van der Waals surface area contributed by atoms with E-state index in [1.165, 1.54) is 11.8 Å². The second-order valence-corrected chi connectivity index (χ2v) is 8.47. The number of hydrogen-bond acceptors (Lipinski definition) is 6. The smallest absolute Gasteiger partial charge is 0.242 e. The van der Waals surface area contributed by atoms with E-state index >= 15 is 0 Å². The van der Waals surface area contributed by atoms with Crippen molar-refractivity contribution in [1.82, 2.24) is 9.88 Å². The SMILES string of the molecule is O=C1C(Cc2cc(Cl)ccc2Cl)SC(=NN=Cc2ccncc2)N1Cc1ccco1. The molecular formula is C21H16Cl2N4O2S. The minimum absolute atomic E-state index is 0.0784. The Balaban J connectivity index is 1.57. The van der Waals surface area contributed by atoms with Crippen LogP contribution in [0.1, 0.15) is 16.9 Å².